The third-order valence-electron chi connectivity index (χ3n) is 3.08. The van der Waals surface area contributed by atoms with Crippen molar-refractivity contribution in [3.8, 4) is 0 Å². The molecule has 2 nitrogen and oxygen atoms in total. The van der Waals surface area contributed by atoms with Crippen molar-refractivity contribution in [1.82, 2.24) is 4.90 Å². The van der Waals surface area contributed by atoms with Crippen LogP contribution >= 0.6 is 0 Å². The lowest BCUT2D eigenvalue weighted by Gasteiger charge is -2.36. The smallest absolute Gasteiger partial charge is 0.0992 e. The van der Waals surface area contributed by atoms with Crippen LogP contribution in [0.5, 0.6) is 0 Å². The zero-order valence-electron chi connectivity index (χ0n) is 7.80. The molecular formula is C10H19NO. The van der Waals surface area contributed by atoms with Crippen molar-refractivity contribution < 1.29 is 4.74 Å². The van der Waals surface area contributed by atoms with Gasteiger partial charge in [-0.2, -0.15) is 0 Å². The fourth-order valence-electron chi connectivity index (χ4n) is 2.35. The predicted molar refractivity (Wildman–Crippen MR) is 49.0 cm³/mol. The van der Waals surface area contributed by atoms with Gasteiger partial charge in [-0.05, 0) is 19.3 Å². The first-order valence-electron chi connectivity index (χ1n) is 5.28. The first-order valence-corrected chi connectivity index (χ1v) is 5.28. The van der Waals surface area contributed by atoms with Crippen LogP contribution in [0.2, 0.25) is 0 Å². The fraction of sp³-hybridized carbons (Fsp3) is 1.00. The number of rotatable bonds is 1. The van der Waals surface area contributed by atoms with Gasteiger partial charge in [-0.25, -0.2) is 0 Å². The number of ether oxygens (including phenoxy) is 1. The van der Waals surface area contributed by atoms with Crippen molar-refractivity contribution in [2.45, 2.75) is 44.6 Å². The van der Waals surface area contributed by atoms with Gasteiger partial charge in [-0.1, -0.05) is 19.3 Å². The van der Waals surface area contributed by atoms with E-state index in [-0.39, 0.29) is 0 Å². The van der Waals surface area contributed by atoms with Gasteiger partial charge in [0.15, 0.2) is 0 Å². The van der Waals surface area contributed by atoms with E-state index in [1.54, 1.807) is 0 Å². The molecule has 0 N–H and O–H groups in total. The summed E-state index contributed by atoms with van der Waals surface area (Å²) < 4.78 is 5.46. The molecule has 0 aromatic heterocycles. The Morgan fingerprint density at radius 2 is 1.83 bits per heavy atom. The topological polar surface area (TPSA) is 12.5 Å². The van der Waals surface area contributed by atoms with Gasteiger partial charge >= 0.3 is 0 Å². The lowest BCUT2D eigenvalue weighted by atomic mass is 9.94. The minimum absolute atomic E-state index is 0.846. The van der Waals surface area contributed by atoms with Crippen LogP contribution in [0.1, 0.15) is 38.5 Å². The molecule has 2 fully saturated rings. The predicted octanol–water partition coefficient (Wildman–Crippen LogP) is 2.00. The SMILES string of the molecule is C1CCC(N2CCCOC2)CC1. The molecule has 1 saturated carbocycles. The van der Waals surface area contributed by atoms with Crippen LogP contribution in [-0.4, -0.2) is 30.8 Å². The number of hydrogen-bond donors (Lipinski definition) is 0. The number of nitrogens with zero attached hydrogens (tertiary/aromatic N) is 1. The van der Waals surface area contributed by atoms with Crippen LogP contribution in [0.4, 0.5) is 0 Å². The first kappa shape index (κ1) is 8.52. The summed E-state index contributed by atoms with van der Waals surface area (Å²) in [7, 11) is 0. The summed E-state index contributed by atoms with van der Waals surface area (Å²) in [6, 6.07) is 0.846. The first-order chi connectivity index (χ1) is 5.97. The monoisotopic (exact) mass is 169 g/mol. The second-order valence-electron chi connectivity index (χ2n) is 4.00. The van der Waals surface area contributed by atoms with E-state index in [0.717, 1.165) is 19.4 Å². The Morgan fingerprint density at radius 3 is 2.50 bits per heavy atom. The summed E-state index contributed by atoms with van der Waals surface area (Å²) >= 11 is 0. The molecule has 1 heterocycles. The standard InChI is InChI=1S/C10H19NO/c1-2-5-10(6-3-1)11-7-4-8-12-9-11/h10H,1-9H2. The quantitative estimate of drug-likeness (QED) is 0.595. The highest BCUT2D eigenvalue weighted by molar-refractivity contribution is 4.75. The maximum atomic E-state index is 5.46. The molecule has 12 heavy (non-hydrogen) atoms. The van der Waals surface area contributed by atoms with E-state index in [4.69, 9.17) is 4.74 Å². The van der Waals surface area contributed by atoms with Crippen molar-refractivity contribution in [2.24, 2.45) is 0 Å². The second-order valence-corrected chi connectivity index (χ2v) is 4.00. The molecule has 1 aliphatic carbocycles. The van der Waals surface area contributed by atoms with Gasteiger partial charge in [0, 0.05) is 19.2 Å². The molecule has 0 unspecified atom stereocenters. The highest BCUT2D eigenvalue weighted by Crippen LogP contribution is 2.23. The highest BCUT2D eigenvalue weighted by Gasteiger charge is 2.22. The summed E-state index contributed by atoms with van der Waals surface area (Å²) in [6.45, 7) is 3.14. The van der Waals surface area contributed by atoms with Crippen LogP contribution in [0.3, 0.4) is 0 Å². The summed E-state index contributed by atoms with van der Waals surface area (Å²) in [6.07, 6.45) is 8.36. The molecule has 2 aliphatic rings. The van der Waals surface area contributed by atoms with Crippen molar-refractivity contribution in [2.75, 3.05) is 19.9 Å². The van der Waals surface area contributed by atoms with Crippen LogP contribution in [0.25, 0.3) is 0 Å². The lowest BCUT2D eigenvalue weighted by molar-refractivity contribution is -0.0427. The Bertz CT molecular complexity index is 110. The maximum absolute atomic E-state index is 5.46. The van der Waals surface area contributed by atoms with Crippen molar-refractivity contribution in [1.29, 1.82) is 0 Å². The molecule has 0 amide bonds. The van der Waals surface area contributed by atoms with Gasteiger partial charge in [0.2, 0.25) is 0 Å². The van der Waals surface area contributed by atoms with Crippen LogP contribution < -0.4 is 0 Å². The molecule has 0 aromatic carbocycles. The van der Waals surface area contributed by atoms with Gasteiger partial charge in [-0.15, -0.1) is 0 Å². The largest absolute Gasteiger partial charge is 0.366 e. The van der Waals surface area contributed by atoms with Crippen LogP contribution in [-0.2, 0) is 4.74 Å². The lowest BCUT2D eigenvalue weighted by Crippen LogP contribution is -2.42. The van der Waals surface area contributed by atoms with E-state index in [2.05, 4.69) is 4.90 Å². The normalized spacial score (nSPS) is 29.0. The second kappa shape index (κ2) is 4.24. The van der Waals surface area contributed by atoms with Crippen molar-refractivity contribution in [3.05, 3.63) is 0 Å². The summed E-state index contributed by atoms with van der Waals surface area (Å²) in [4.78, 5) is 2.53. The summed E-state index contributed by atoms with van der Waals surface area (Å²) in [5, 5.41) is 0. The van der Waals surface area contributed by atoms with Crippen molar-refractivity contribution >= 4 is 0 Å². The van der Waals surface area contributed by atoms with E-state index >= 15 is 0 Å². The molecule has 0 spiro atoms. The minimum Gasteiger partial charge on any atom is -0.366 e. The Morgan fingerprint density at radius 1 is 1.00 bits per heavy atom. The molecular weight excluding hydrogens is 150 g/mol. The van der Waals surface area contributed by atoms with E-state index in [1.807, 2.05) is 0 Å². The molecule has 0 aromatic rings. The van der Waals surface area contributed by atoms with Crippen LogP contribution in [0, 0.1) is 0 Å². The molecule has 0 bridgehead atoms. The Labute approximate surface area is 74.9 Å². The van der Waals surface area contributed by atoms with E-state index < -0.39 is 0 Å². The third-order valence-corrected chi connectivity index (χ3v) is 3.08. The highest BCUT2D eigenvalue weighted by atomic mass is 16.5. The molecule has 70 valence electrons. The Kier molecular flexibility index (Phi) is 3.01. The fourth-order valence-corrected chi connectivity index (χ4v) is 2.35. The maximum Gasteiger partial charge on any atom is 0.0992 e. The molecule has 2 rings (SSSR count). The van der Waals surface area contributed by atoms with Gasteiger partial charge in [0.25, 0.3) is 0 Å². The zero-order valence-corrected chi connectivity index (χ0v) is 7.80. The average molecular weight is 169 g/mol. The molecule has 2 heteroatoms. The Hall–Kier alpha value is -0.0800. The molecule has 0 radical (unpaired) electrons. The molecule has 0 atom stereocenters. The number of hydrogen-bond acceptors (Lipinski definition) is 2. The Balaban J connectivity index is 1.80. The van der Waals surface area contributed by atoms with Gasteiger partial charge < -0.3 is 4.74 Å². The van der Waals surface area contributed by atoms with E-state index in [9.17, 15) is 0 Å². The average Bonchev–Trinajstić information content (AvgIpc) is 2.21. The zero-order chi connectivity index (χ0) is 8.23. The minimum atomic E-state index is 0.846. The summed E-state index contributed by atoms with van der Waals surface area (Å²) in [5.41, 5.74) is 0. The third kappa shape index (κ3) is 1.99. The van der Waals surface area contributed by atoms with E-state index in [1.165, 1.54) is 45.1 Å². The van der Waals surface area contributed by atoms with Crippen LogP contribution in [0.15, 0.2) is 0 Å². The van der Waals surface area contributed by atoms with Gasteiger partial charge in [0.05, 0.1) is 6.73 Å². The van der Waals surface area contributed by atoms with Crippen molar-refractivity contribution in [3.63, 3.8) is 0 Å². The molecule has 1 saturated heterocycles. The molecule has 1 aliphatic heterocycles. The van der Waals surface area contributed by atoms with E-state index in [0.29, 0.717) is 0 Å². The van der Waals surface area contributed by atoms with Gasteiger partial charge in [0.1, 0.15) is 0 Å². The summed E-state index contributed by atoms with van der Waals surface area (Å²) in [5.74, 6) is 0. The van der Waals surface area contributed by atoms with Gasteiger partial charge in [-0.3, -0.25) is 4.90 Å².